The van der Waals surface area contributed by atoms with Crippen LogP contribution in [0.1, 0.15) is 29.7 Å². The highest BCUT2D eigenvalue weighted by Gasteiger charge is 2.45. The molecule has 0 bridgehead atoms. The number of carbonyl (C=O) groups is 1. The molecule has 0 unspecified atom stereocenters. The van der Waals surface area contributed by atoms with Crippen LogP contribution in [-0.2, 0) is 21.5 Å². The fraction of sp³-hybridized carbons (Fsp3) is 0.273. The van der Waals surface area contributed by atoms with E-state index < -0.39 is 0 Å². The molecule has 2 aromatic carbocycles. The Morgan fingerprint density at radius 2 is 1.81 bits per heavy atom. The molecule has 0 saturated heterocycles. The monoisotopic (exact) mass is 346 g/mol. The minimum atomic E-state index is -0.252. The van der Waals surface area contributed by atoms with Gasteiger partial charge in [0.1, 0.15) is 0 Å². The molecule has 1 heterocycles. The summed E-state index contributed by atoms with van der Waals surface area (Å²) < 4.78 is 4.91. The maximum absolute atomic E-state index is 12.0. The van der Waals surface area contributed by atoms with Gasteiger partial charge in [-0.3, -0.25) is 9.78 Å². The first-order valence-corrected chi connectivity index (χ1v) is 8.92. The lowest BCUT2D eigenvalue weighted by Gasteiger charge is -2.24. The van der Waals surface area contributed by atoms with E-state index >= 15 is 0 Å². The molecule has 4 nitrogen and oxygen atoms in total. The lowest BCUT2D eigenvalue weighted by atomic mass is 9.99. The minimum Gasteiger partial charge on any atom is -0.469 e. The molecule has 0 radical (unpaired) electrons. The quantitative estimate of drug-likeness (QED) is 0.698. The number of aryl methyl sites for hydroxylation is 1. The van der Waals surface area contributed by atoms with Crippen LogP contribution in [0.5, 0.6) is 0 Å². The summed E-state index contributed by atoms with van der Waals surface area (Å²) in [6, 6.07) is 18.6. The highest BCUT2D eigenvalue weighted by atomic mass is 16.5. The first-order chi connectivity index (χ1) is 12.6. The van der Waals surface area contributed by atoms with Gasteiger partial charge in [0.2, 0.25) is 0 Å². The van der Waals surface area contributed by atoms with E-state index in [0.29, 0.717) is 0 Å². The number of esters is 1. The highest BCUT2D eigenvalue weighted by molar-refractivity contribution is 5.95. The van der Waals surface area contributed by atoms with Gasteiger partial charge in [0.25, 0.3) is 0 Å². The number of nitrogens with zero attached hydrogens (tertiary/aromatic N) is 1. The van der Waals surface area contributed by atoms with Gasteiger partial charge >= 0.3 is 5.97 Å². The van der Waals surface area contributed by atoms with E-state index in [2.05, 4.69) is 35.6 Å². The average molecular weight is 346 g/mol. The van der Waals surface area contributed by atoms with Crippen LogP contribution in [0.25, 0.3) is 10.9 Å². The number of methoxy groups -OCH3 is 1. The van der Waals surface area contributed by atoms with E-state index in [-0.39, 0.29) is 17.9 Å². The van der Waals surface area contributed by atoms with Crippen LogP contribution in [0.15, 0.2) is 54.6 Å². The van der Waals surface area contributed by atoms with Gasteiger partial charge in [-0.15, -0.1) is 0 Å². The third-order valence-corrected chi connectivity index (χ3v) is 5.19. The molecule has 1 aliphatic carbocycles. The van der Waals surface area contributed by atoms with Crippen molar-refractivity contribution in [1.82, 2.24) is 4.98 Å². The predicted octanol–water partition coefficient (Wildman–Crippen LogP) is 4.36. The first-order valence-electron chi connectivity index (χ1n) is 8.92. The van der Waals surface area contributed by atoms with Gasteiger partial charge in [-0.25, -0.2) is 0 Å². The summed E-state index contributed by atoms with van der Waals surface area (Å²) in [4.78, 5) is 16.7. The molecule has 132 valence electrons. The molecule has 4 rings (SSSR count). The van der Waals surface area contributed by atoms with Gasteiger partial charge in [0.15, 0.2) is 0 Å². The molecular formula is C22H22N2O2. The summed E-state index contributed by atoms with van der Waals surface area (Å²) in [6.07, 6.45) is 2.36. The molecule has 1 N–H and O–H groups in total. The molecule has 0 atom stereocenters. The second-order valence-corrected chi connectivity index (χ2v) is 6.89. The van der Waals surface area contributed by atoms with Gasteiger partial charge < -0.3 is 10.1 Å². The van der Waals surface area contributed by atoms with Crippen molar-refractivity contribution in [1.29, 1.82) is 0 Å². The van der Waals surface area contributed by atoms with E-state index in [1.54, 1.807) is 0 Å². The van der Waals surface area contributed by atoms with Crippen molar-refractivity contribution in [3.63, 3.8) is 0 Å². The molecule has 0 spiro atoms. The third-order valence-electron chi connectivity index (χ3n) is 5.19. The Bertz CT molecular complexity index is 963. The van der Waals surface area contributed by atoms with Crippen LogP contribution in [0.3, 0.4) is 0 Å². The van der Waals surface area contributed by atoms with Gasteiger partial charge in [-0.2, -0.15) is 0 Å². The standard InChI is InChI=1S/C22H22N2O2/c1-15-18(14-20(25)26-2)21(17-10-6-7-11-19(17)23-15)24-22(12-13-22)16-8-4-3-5-9-16/h3-11H,12-14H2,1-2H3,(H,23,24). The molecule has 0 amide bonds. The first kappa shape index (κ1) is 16.6. The number of fused-ring (bicyclic) bond motifs is 1. The number of anilines is 1. The number of aromatic nitrogens is 1. The van der Waals surface area contributed by atoms with Crippen molar-refractivity contribution in [2.75, 3.05) is 12.4 Å². The Kier molecular flexibility index (Phi) is 4.11. The van der Waals surface area contributed by atoms with Crippen molar-refractivity contribution in [3.05, 3.63) is 71.4 Å². The van der Waals surface area contributed by atoms with Gasteiger partial charge in [0.05, 0.1) is 24.6 Å². The third kappa shape index (κ3) is 2.92. The Labute approximate surface area is 153 Å². The predicted molar refractivity (Wildman–Crippen MR) is 103 cm³/mol. The number of ether oxygens (including phenoxy) is 1. The van der Waals surface area contributed by atoms with Crippen LogP contribution in [0.2, 0.25) is 0 Å². The van der Waals surface area contributed by atoms with Crippen molar-refractivity contribution in [3.8, 4) is 0 Å². The zero-order chi connectivity index (χ0) is 18.1. The van der Waals surface area contributed by atoms with E-state index in [9.17, 15) is 4.79 Å². The number of hydrogen-bond acceptors (Lipinski definition) is 4. The zero-order valence-electron chi connectivity index (χ0n) is 15.1. The normalized spacial score (nSPS) is 14.8. The molecule has 1 fully saturated rings. The minimum absolute atomic E-state index is 0.0668. The number of benzene rings is 2. The molecular weight excluding hydrogens is 324 g/mol. The molecule has 26 heavy (non-hydrogen) atoms. The Morgan fingerprint density at radius 1 is 1.12 bits per heavy atom. The summed E-state index contributed by atoms with van der Waals surface area (Å²) in [7, 11) is 1.42. The molecule has 4 heteroatoms. The fourth-order valence-electron chi connectivity index (χ4n) is 3.56. The van der Waals surface area contributed by atoms with Crippen LogP contribution in [0, 0.1) is 6.92 Å². The number of para-hydroxylation sites is 1. The Balaban J connectivity index is 1.84. The fourth-order valence-corrected chi connectivity index (χ4v) is 3.56. The maximum Gasteiger partial charge on any atom is 0.310 e. The van der Waals surface area contributed by atoms with Crippen molar-refractivity contribution >= 4 is 22.6 Å². The lowest BCUT2D eigenvalue weighted by Crippen LogP contribution is -2.21. The Morgan fingerprint density at radius 3 is 2.50 bits per heavy atom. The number of rotatable bonds is 5. The van der Waals surface area contributed by atoms with Crippen LogP contribution < -0.4 is 5.32 Å². The van der Waals surface area contributed by atoms with E-state index in [0.717, 1.165) is 40.7 Å². The summed E-state index contributed by atoms with van der Waals surface area (Å²) in [5.74, 6) is -0.252. The van der Waals surface area contributed by atoms with Gasteiger partial charge in [0, 0.05) is 22.3 Å². The highest BCUT2D eigenvalue weighted by Crippen LogP contribution is 2.49. The van der Waals surface area contributed by atoms with E-state index in [1.165, 1.54) is 12.7 Å². The zero-order valence-corrected chi connectivity index (χ0v) is 15.1. The van der Waals surface area contributed by atoms with Crippen molar-refractivity contribution < 1.29 is 9.53 Å². The van der Waals surface area contributed by atoms with E-state index in [4.69, 9.17) is 9.72 Å². The second-order valence-electron chi connectivity index (χ2n) is 6.89. The average Bonchev–Trinajstić information content (AvgIpc) is 3.46. The van der Waals surface area contributed by atoms with Crippen LogP contribution in [-0.4, -0.2) is 18.1 Å². The molecule has 1 saturated carbocycles. The topological polar surface area (TPSA) is 51.2 Å². The van der Waals surface area contributed by atoms with Crippen LogP contribution in [0.4, 0.5) is 5.69 Å². The summed E-state index contributed by atoms with van der Waals surface area (Å²) in [5, 5.41) is 4.82. The van der Waals surface area contributed by atoms with Crippen molar-refractivity contribution in [2.45, 2.75) is 31.7 Å². The second kappa shape index (κ2) is 6.45. The molecule has 3 aromatic rings. The van der Waals surface area contributed by atoms with E-state index in [1.807, 2.05) is 31.2 Å². The summed E-state index contributed by atoms with van der Waals surface area (Å²) in [6.45, 7) is 1.96. The van der Waals surface area contributed by atoms with Crippen molar-refractivity contribution in [2.24, 2.45) is 0 Å². The molecule has 1 aliphatic rings. The number of pyridine rings is 1. The van der Waals surface area contributed by atoms with Crippen LogP contribution >= 0.6 is 0 Å². The van der Waals surface area contributed by atoms with Gasteiger partial charge in [-0.1, -0.05) is 48.5 Å². The Hall–Kier alpha value is -2.88. The maximum atomic E-state index is 12.0. The number of nitrogens with one attached hydrogen (secondary N) is 1. The summed E-state index contributed by atoms with van der Waals surface area (Å²) >= 11 is 0. The molecule has 0 aliphatic heterocycles. The SMILES string of the molecule is COC(=O)Cc1c(C)nc2ccccc2c1NC1(c2ccccc2)CC1. The summed E-state index contributed by atoms with van der Waals surface area (Å²) in [5.41, 5.74) is 4.92. The lowest BCUT2D eigenvalue weighted by molar-refractivity contribution is -0.139. The smallest absolute Gasteiger partial charge is 0.310 e. The van der Waals surface area contributed by atoms with Gasteiger partial charge in [-0.05, 0) is 31.4 Å². The number of carbonyl (C=O) groups excluding carboxylic acids is 1. The molecule has 1 aromatic heterocycles. The largest absolute Gasteiger partial charge is 0.469 e. The number of hydrogen-bond donors (Lipinski definition) is 1.